The van der Waals surface area contributed by atoms with Gasteiger partial charge in [-0.15, -0.1) is 0 Å². The highest BCUT2D eigenvalue weighted by Crippen LogP contribution is 2.22. The third-order valence-electron chi connectivity index (χ3n) is 2.28. The zero-order chi connectivity index (χ0) is 15.2. The Morgan fingerprint density at radius 1 is 1.30 bits per heavy atom. The number of carbonyl (C=O) groups excluding carboxylic acids is 1. The number of benzene rings is 1. The third-order valence-corrected chi connectivity index (χ3v) is 3.78. The van der Waals surface area contributed by atoms with E-state index in [1.165, 1.54) is 12.1 Å². The Balaban J connectivity index is 2.75. The van der Waals surface area contributed by atoms with Crippen molar-refractivity contribution in [3.63, 3.8) is 0 Å². The van der Waals surface area contributed by atoms with E-state index in [2.05, 4.69) is 10.0 Å². The second-order valence-electron chi connectivity index (χ2n) is 3.68. The number of amides is 1. The van der Waals surface area contributed by atoms with Crippen LogP contribution in [0.5, 0.6) is 0 Å². The molecule has 0 fully saturated rings. The molecule has 1 aromatic rings. The molecule has 20 heavy (non-hydrogen) atoms. The number of nitrogens with one attached hydrogen (secondary N) is 2. The van der Waals surface area contributed by atoms with Gasteiger partial charge >= 0.3 is 0 Å². The van der Waals surface area contributed by atoms with E-state index in [0.717, 1.165) is 12.1 Å². The van der Waals surface area contributed by atoms with Crippen LogP contribution < -0.4 is 15.8 Å². The van der Waals surface area contributed by atoms with Crippen molar-refractivity contribution in [1.82, 2.24) is 10.0 Å². The smallest absolute Gasteiger partial charge is 0.289 e. The summed E-state index contributed by atoms with van der Waals surface area (Å²) in [5.74, 6) is -0.421. The molecule has 110 valence electrons. The molecule has 0 heterocycles. The summed E-state index contributed by atoms with van der Waals surface area (Å²) in [6, 6.07) is 5.00. The van der Waals surface area contributed by atoms with E-state index in [0.29, 0.717) is 0 Å². The molecule has 0 spiro atoms. The van der Waals surface area contributed by atoms with Crippen LogP contribution in [0.25, 0.3) is 0 Å². The van der Waals surface area contributed by atoms with Crippen LogP contribution in [0, 0.1) is 10.1 Å². The van der Waals surface area contributed by atoms with E-state index in [1.54, 1.807) is 0 Å². The number of nitrogens with two attached hydrogens (primary N) is 1. The molecule has 1 amide bonds. The van der Waals surface area contributed by atoms with Gasteiger partial charge in [0.1, 0.15) is 0 Å². The first-order valence-electron chi connectivity index (χ1n) is 5.58. The summed E-state index contributed by atoms with van der Waals surface area (Å²) in [5, 5.41) is 13.1. The van der Waals surface area contributed by atoms with Crippen molar-refractivity contribution in [1.29, 1.82) is 0 Å². The van der Waals surface area contributed by atoms with Crippen LogP contribution in [0.1, 0.15) is 0 Å². The first kappa shape index (κ1) is 16.0. The lowest BCUT2D eigenvalue weighted by atomic mass is 10.3. The molecule has 0 aliphatic heterocycles. The molecular formula is C10H14N4O5S. The fraction of sp³-hybridized carbons (Fsp3) is 0.300. The summed E-state index contributed by atoms with van der Waals surface area (Å²) in [6.07, 6.45) is 0. The van der Waals surface area contributed by atoms with Gasteiger partial charge in [-0.05, 0) is 6.07 Å². The zero-order valence-electron chi connectivity index (χ0n) is 10.4. The van der Waals surface area contributed by atoms with Crippen LogP contribution in [-0.2, 0) is 14.8 Å². The van der Waals surface area contributed by atoms with Crippen molar-refractivity contribution in [3.8, 4) is 0 Å². The van der Waals surface area contributed by atoms with E-state index in [1.807, 2.05) is 0 Å². The zero-order valence-corrected chi connectivity index (χ0v) is 11.2. The molecule has 0 aliphatic rings. The van der Waals surface area contributed by atoms with Crippen LogP contribution in [0.3, 0.4) is 0 Å². The molecule has 0 atom stereocenters. The molecule has 0 saturated heterocycles. The van der Waals surface area contributed by atoms with Crippen molar-refractivity contribution in [2.24, 2.45) is 5.73 Å². The van der Waals surface area contributed by atoms with Crippen LogP contribution in [-0.4, -0.2) is 38.9 Å². The molecule has 10 heteroatoms. The van der Waals surface area contributed by atoms with Crippen LogP contribution in [0.4, 0.5) is 5.69 Å². The molecular weight excluding hydrogens is 288 g/mol. The van der Waals surface area contributed by atoms with Crippen molar-refractivity contribution < 1.29 is 18.1 Å². The lowest BCUT2D eigenvalue weighted by molar-refractivity contribution is -0.387. The highest BCUT2D eigenvalue weighted by Gasteiger charge is 2.24. The fourth-order valence-corrected chi connectivity index (χ4v) is 2.57. The molecule has 0 bridgehead atoms. The van der Waals surface area contributed by atoms with Gasteiger partial charge in [-0.1, -0.05) is 12.1 Å². The number of sulfonamides is 1. The van der Waals surface area contributed by atoms with Crippen LogP contribution >= 0.6 is 0 Å². The maximum Gasteiger partial charge on any atom is 0.289 e. The van der Waals surface area contributed by atoms with E-state index >= 15 is 0 Å². The SMILES string of the molecule is NCC(=O)NCCNS(=O)(=O)c1ccccc1[N+](=O)[O-]. The highest BCUT2D eigenvalue weighted by atomic mass is 32.2. The Bertz CT molecular complexity index is 601. The molecule has 4 N–H and O–H groups in total. The molecule has 0 unspecified atom stereocenters. The van der Waals surface area contributed by atoms with E-state index in [-0.39, 0.29) is 19.6 Å². The number of nitrogens with zero attached hydrogens (tertiary/aromatic N) is 1. The summed E-state index contributed by atoms with van der Waals surface area (Å²) < 4.78 is 26.0. The second kappa shape index (κ2) is 6.93. The minimum atomic E-state index is -4.01. The monoisotopic (exact) mass is 302 g/mol. The summed E-state index contributed by atoms with van der Waals surface area (Å²) in [4.78, 5) is 20.4. The molecule has 1 aromatic carbocycles. The minimum absolute atomic E-state index is 0.0376. The molecule has 9 nitrogen and oxygen atoms in total. The maximum atomic E-state index is 11.9. The molecule has 1 rings (SSSR count). The van der Waals surface area contributed by atoms with Gasteiger partial charge in [0.15, 0.2) is 4.90 Å². The summed E-state index contributed by atoms with van der Waals surface area (Å²) in [6.45, 7) is -0.257. The minimum Gasteiger partial charge on any atom is -0.354 e. The average molecular weight is 302 g/mol. The first-order chi connectivity index (χ1) is 9.38. The van der Waals surface area contributed by atoms with E-state index in [4.69, 9.17) is 5.73 Å². The second-order valence-corrected chi connectivity index (χ2v) is 5.41. The Morgan fingerprint density at radius 3 is 2.55 bits per heavy atom. The summed E-state index contributed by atoms with van der Waals surface area (Å²) in [7, 11) is -4.01. The normalized spacial score (nSPS) is 11.1. The lowest BCUT2D eigenvalue weighted by Gasteiger charge is -2.07. The predicted molar refractivity (Wildman–Crippen MR) is 70.3 cm³/mol. The quantitative estimate of drug-likeness (QED) is 0.333. The van der Waals surface area contributed by atoms with Gasteiger partial charge in [0.2, 0.25) is 15.9 Å². The van der Waals surface area contributed by atoms with E-state index in [9.17, 15) is 23.3 Å². The fourth-order valence-electron chi connectivity index (χ4n) is 1.37. The number of hydrogen-bond donors (Lipinski definition) is 3. The van der Waals surface area contributed by atoms with Crippen molar-refractivity contribution >= 4 is 21.6 Å². The van der Waals surface area contributed by atoms with Gasteiger partial charge in [-0.3, -0.25) is 14.9 Å². The molecule has 0 aliphatic carbocycles. The third kappa shape index (κ3) is 4.26. The van der Waals surface area contributed by atoms with Gasteiger partial charge < -0.3 is 11.1 Å². The summed E-state index contributed by atoms with van der Waals surface area (Å²) >= 11 is 0. The number of rotatable bonds is 7. The van der Waals surface area contributed by atoms with Crippen LogP contribution in [0.2, 0.25) is 0 Å². The van der Waals surface area contributed by atoms with E-state index < -0.39 is 31.4 Å². The van der Waals surface area contributed by atoms with Crippen molar-refractivity contribution in [2.45, 2.75) is 4.90 Å². The molecule has 0 radical (unpaired) electrons. The predicted octanol–water partition coefficient (Wildman–Crippen LogP) is -1.05. The first-order valence-corrected chi connectivity index (χ1v) is 7.06. The van der Waals surface area contributed by atoms with Gasteiger partial charge in [-0.25, -0.2) is 13.1 Å². The number of nitro benzene ring substituents is 1. The maximum absolute atomic E-state index is 11.9. The molecule has 0 saturated carbocycles. The van der Waals surface area contributed by atoms with Crippen molar-refractivity contribution in [3.05, 3.63) is 34.4 Å². The Kier molecular flexibility index (Phi) is 5.55. The largest absolute Gasteiger partial charge is 0.354 e. The topological polar surface area (TPSA) is 144 Å². The number of carbonyl (C=O) groups is 1. The Morgan fingerprint density at radius 2 is 1.95 bits per heavy atom. The van der Waals surface area contributed by atoms with Crippen LogP contribution in [0.15, 0.2) is 29.2 Å². The lowest BCUT2D eigenvalue weighted by Crippen LogP contribution is -2.37. The Hall–Kier alpha value is -2.04. The molecule has 0 aromatic heterocycles. The number of para-hydroxylation sites is 1. The van der Waals surface area contributed by atoms with Gasteiger partial charge in [0.05, 0.1) is 11.5 Å². The van der Waals surface area contributed by atoms with Gasteiger partial charge in [-0.2, -0.15) is 0 Å². The standard InChI is InChI=1S/C10H14N4O5S/c11-7-10(15)12-5-6-13-20(18,19)9-4-2-1-3-8(9)14(16)17/h1-4,13H,5-7,11H2,(H,12,15). The number of nitro groups is 1. The number of hydrogen-bond acceptors (Lipinski definition) is 6. The summed E-state index contributed by atoms with van der Waals surface area (Å²) in [5.41, 5.74) is 4.55. The van der Waals surface area contributed by atoms with Crippen molar-refractivity contribution in [2.75, 3.05) is 19.6 Å². The van der Waals surface area contributed by atoms with Gasteiger partial charge in [0, 0.05) is 19.2 Å². The Labute approximate surface area is 115 Å². The van der Waals surface area contributed by atoms with Gasteiger partial charge in [0.25, 0.3) is 5.69 Å². The average Bonchev–Trinajstić information content (AvgIpc) is 2.43. The highest BCUT2D eigenvalue weighted by molar-refractivity contribution is 7.89.